The number of H-pyrrole nitrogens is 1. The number of nitrogens with zero attached hydrogens (tertiary/aromatic N) is 2. The molecular weight excluding hydrogens is 248 g/mol. The van der Waals surface area contributed by atoms with Crippen molar-refractivity contribution in [3.63, 3.8) is 0 Å². The number of hydrogen-bond acceptors (Lipinski definition) is 4. The summed E-state index contributed by atoms with van der Waals surface area (Å²) in [5, 5.41) is 2.86. The Hall–Kier alpha value is -1.56. The van der Waals surface area contributed by atoms with Gasteiger partial charge in [0.15, 0.2) is 5.65 Å². The Bertz CT molecular complexity index is 549. The van der Waals surface area contributed by atoms with Crippen molar-refractivity contribution in [1.29, 1.82) is 0 Å². The Morgan fingerprint density at radius 1 is 1.61 bits per heavy atom. The predicted molar refractivity (Wildman–Crippen MR) is 71.6 cm³/mol. The van der Waals surface area contributed by atoms with E-state index in [-0.39, 0.29) is 17.7 Å². The number of aromatic amines is 1. The molecule has 0 saturated heterocycles. The molecule has 3 rings (SSSR count). The van der Waals surface area contributed by atoms with Crippen molar-refractivity contribution >= 4 is 29.7 Å². The Balaban J connectivity index is 1.72. The van der Waals surface area contributed by atoms with Crippen LogP contribution in [0.15, 0.2) is 18.3 Å². The van der Waals surface area contributed by atoms with Crippen molar-refractivity contribution in [1.82, 2.24) is 20.3 Å². The van der Waals surface area contributed by atoms with Crippen LogP contribution in [-0.4, -0.2) is 33.2 Å². The summed E-state index contributed by atoms with van der Waals surface area (Å²) in [6.07, 6.45) is 2.58. The van der Waals surface area contributed by atoms with E-state index in [1.54, 1.807) is 6.20 Å². The number of thiol groups is 1. The van der Waals surface area contributed by atoms with E-state index in [2.05, 4.69) is 32.9 Å². The zero-order chi connectivity index (χ0) is 12.5. The van der Waals surface area contributed by atoms with E-state index < -0.39 is 0 Å². The highest BCUT2D eigenvalue weighted by molar-refractivity contribution is 7.80. The highest BCUT2D eigenvalue weighted by Gasteiger charge is 2.45. The molecule has 5 nitrogen and oxygen atoms in total. The minimum atomic E-state index is 0.0467. The quantitative estimate of drug-likeness (QED) is 0.723. The van der Waals surface area contributed by atoms with Crippen LogP contribution < -0.4 is 5.32 Å². The first kappa shape index (κ1) is 11.5. The Labute approximate surface area is 110 Å². The Morgan fingerprint density at radius 2 is 2.50 bits per heavy atom. The third-order valence-corrected chi connectivity index (χ3v) is 3.39. The molecule has 2 N–H and O–H groups in total. The molecule has 0 bridgehead atoms. The minimum Gasteiger partial charge on any atom is -0.355 e. The molecule has 1 fully saturated rings. The number of rotatable bonds is 4. The maximum Gasteiger partial charge on any atom is 0.223 e. The van der Waals surface area contributed by atoms with Crippen LogP contribution >= 0.6 is 12.6 Å². The van der Waals surface area contributed by atoms with E-state index in [1.165, 1.54) is 0 Å². The van der Waals surface area contributed by atoms with Crippen LogP contribution in [0.4, 0.5) is 0 Å². The Morgan fingerprint density at radius 3 is 3.28 bits per heavy atom. The Kier molecular flexibility index (Phi) is 2.95. The van der Waals surface area contributed by atoms with E-state index in [1.807, 2.05) is 12.1 Å². The molecule has 2 aromatic rings. The molecule has 1 saturated carbocycles. The number of amides is 1. The lowest BCUT2D eigenvalue weighted by Crippen LogP contribution is -2.27. The van der Waals surface area contributed by atoms with Crippen LogP contribution in [0.5, 0.6) is 0 Å². The molecule has 0 spiro atoms. The van der Waals surface area contributed by atoms with E-state index >= 15 is 0 Å². The fourth-order valence-corrected chi connectivity index (χ4v) is 2.25. The smallest absolute Gasteiger partial charge is 0.223 e. The highest BCUT2D eigenvalue weighted by atomic mass is 32.1. The van der Waals surface area contributed by atoms with Crippen molar-refractivity contribution in [3.8, 4) is 0 Å². The zero-order valence-electron chi connectivity index (χ0n) is 9.76. The third kappa shape index (κ3) is 2.08. The summed E-state index contributed by atoms with van der Waals surface area (Å²) < 4.78 is 0. The van der Waals surface area contributed by atoms with Crippen LogP contribution in [0.25, 0.3) is 11.2 Å². The van der Waals surface area contributed by atoms with Gasteiger partial charge >= 0.3 is 0 Å². The summed E-state index contributed by atoms with van der Waals surface area (Å²) >= 11 is 4.07. The van der Waals surface area contributed by atoms with E-state index in [0.29, 0.717) is 17.9 Å². The van der Waals surface area contributed by atoms with E-state index in [4.69, 9.17) is 0 Å². The molecule has 2 atom stereocenters. The number of imidazole rings is 1. The number of carbonyl (C=O) groups excluding carboxylic acids is 1. The number of fused-ring (bicyclic) bond motifs is 1. The van der Waals surface area contributed by atoms with Gasteiger partial charge in [0, 0.05) is 30.3 Å². The first-order valence-electron chi connectivity index (χ1n) is 5.99. The van der Waals surface area contributed by atoms with Crippen molar-refractivity contribution in [2.24, 2.45) is 5.92 Å². The summed E-state index contributed by atoms with van der Waals surface area (Å²) in [5.41, 5.74) is 1.64. The first-order chi connectivity index (χ1) is 8.79. The number of aromatic nitrogens is 3. The van der Waals surface area contributed by atoms with Gasteiger partial charge in [0.05, 0.1) is 5.52 Å². The van der Waals surface area contributed by atoms with Gasteiger partial charge in [0.25, 0.3) is 0 Å². The van der Waals surface area contributed by atoms with Gasteiger partial charge in [-0.1, -0.05) is 0 Å². The van der Waals surface area contributed by atoms with Gasteiger partial charge in [-0.2, -0.15) is 12.6 Å². The first-order valence-corrected chi connectivity index (χ1v) is 6.62. The van der Waals surface area contributed by atoms with Crippen molar-refractivity contribution < 1.29 is 4.79 Å². The molecular formula is C12H14N4OS. The molecule has 1 aliphatic rings. The molecule has 18 heavy (non-hydrogen) atoms. The van der Waals surface area contributed by atoms with Crippen LogP contribution in [-0.2, 0) is 4.79 Å². The fraction of sp³-hybridized carbons (Fsp3) is 0.417. The second-order valence-corrected chi connectivity index (χ2v) is 4.91. The van der Waals surface area contributed by atoms with Crippen molar-refractivity contribution in [2.75, 3.05) is 12.3 Å². The van der Waals surface area contributed by atoms with Crippen LogP contribution in [0.2, 0.25) is 0 Å². The lowest BCUT2D eigenvalue weighted by atomic mass is 10.3. The second kappa shape index (κ2) is 4.61. The summed E-state index contributed by atoms with van der Waals surface area (Å²) in [5.74, 6) is 1.89. The second-order valence-electron chi connectivity index (χ2n) is 4.46. The molecule has 2 aromatic heterocycles. The maximum atomic E-state index is 11.8. The van der Waals surface area contributed by atoms with Crippen molar-refractivity contribution in [2.45, 2.75) is 12.3 Å². The normalized spacial score (nSPS) is 22.1. The molecule has 0 aliphatic heterocycles. The van der Waals surface area contributed by atoms with Gasteiger partial charge in [-0.05, 0) is 18.6 Å². The minimum absolute atomic E-state index is 0.0467. The van der Waals surface area contributed by atoms with Gasteiger partial charge in [-0.3, -0.25) is 4.79 Å². The summed E-state index contributed by atoms with van der Waals surface area (Å²) in [4.78, 5) is 23.6. The summed E-state index contributed by atoms with van der Waals surface area (Å²) in [6.45, 7) is 0.618. The van der Waals surface area contributed by atoms with Gasteiger partial charge in [0.2, 0.25) is 5.91 Å². The lowest BCUT2D eigenvalue weighted by Gasteiger charge is -2.00. The number of pyridine rings is 1. The average Bonchev–Trinajstić information content (AvgIpc) is 3.08. The van der Waals surface area contributed by atoms with Crippen LogP contribution in [0.3, 0.4) is 0 Å². The fourth-order valence-electron chi connectivity index (χ4n) is 2.14. The predicted octanol–water partition coefficient (Wildman–Crippen LogP) is 1.11. The third-order valence-electron chi connectivity index (χ3n) is 3.17. The molecule has 1 aliphatic carbocycles. The lowest BCUT2D eigenvalue weighted by molar-refractivity contribution is -0.122. The molecule has 1 amide bonds. The monoisotopic (exact) mass is 262 g/mol. The summed E-state index contributed by atoms with van der Waals surface area (Å²) in [6, 6.07) is 3.81. The van der Waals surface area contributed by atoms with Crippen LogP contribution in [0.1, 0.15) is 18.2 Å². The molecule has 0 radical (unpaired) electrons. The van der Waals surface area contributed by atoms with Crippen molar-refractivity contribution in [3.05, 3.63) is 24.2 Å². The zero-order valence-corrected chi connectivity index (χ0v) is 10.7. The molecule has 2 heterocycles. The maximum absolute atomic E-state index is 11.8. The van der Waals surface area contributed by atoms with Gasteiger partial charge in [0.1, 0.15) is 5.82 Å². The SMILES string of the molecule is O=C(NCCS)[C@@H]1C[C@@H]1c1nc2ncccc2[nH]1. The van der Waals surface area contributed by atoms with Gasteiger partial charge < -0.3 is 10.3 Å². The average molecular weight is 262 g/mol. The number of nitrogens with one attached hydrogen (secondary N) is 2. The van der Waals surface area contributed by atoms with Crippen LogP contribution in [0, 0.1) is 5.92 Å². The molecule has 94 valence electrons. The number of hydrogen-bond donors (Lipinski definition) is 3. The molecule has 6 heteroatoms. The van der Waals surface area contributed by atoms with Gasteiger partial charge in [-0.15, -0.1) is 0 Å². The van der Waals surface area contributed by atoms with E-state index in [0.717, 1.165) is 17.8 Å². The highest BCUT2D eigenvalue weighted by Crippen LogP contribution is 2.46. The molecule has 0 unspecified atom stereocenters. The number of carbonyl (C=O) groups is 1. The topological polar surface area (TPSA) is 70.7 Å². The standard InChI is InChI=1S/C12H14N4OS/c17-12(14-4-5-18)8-6-7(8)10-15-9-2-1-3-13-11(9)16-10/h1-3,7-8,18H,4-6H2,(H,14,17)(H,13,15,16)/t7-,8+/m0/s1. The summed E-state index contributed by atoms with van der Waals surface area (Å²) in [7, 11) is 0. The largest absolute Gasteiger partial charge is 0.355 e. The van der Waals surface area contributed by atoms with Gasteiger partial charge in [-0.25, -0.2) is 9.97 Å². The van der Waals surface area contributed by atoms with E-state index in [9.17, 15) is 4.79 Å². The molecule has 0 aromatic carbocycles.